The molecule has 0 saturated carbocycles. The van der Waals surface area contributed by atoms with Crippen molar-refractivity contribution >= 4 is 0 Å². The fourth-order valence-corrected chi connectivity index (χ4v) is 1.52. The van der Waals surface area contributed by atoms with E-state index in [4.69, 9.17) is 18.9 Å². The van der Waals surface area contributed by atoms with Gasteiger partial charge in [0, 0.05) is 20.6 Å². The summed E-state index contributed by atoms with van der Waals surface area (Å²) in [5.41, 5.74) is 0. The molecule has 0 saturated heterocycles. The van der Waals surface area contributed by atoms with E-state index in [9.17, 15) is 0 Å². The first-order chi connectivity index (χ1) is 6.74. The summed E-state index contributed by atoms with van der Waals surface area (Å²) in [6, 6.07) is 0. The molecule has 1 rings (SSSR count). The van der Waals surface area contributed by atoms with Crippen molar-refractivity contribution in [3.8, 4) is 0 Å². The van der Waals surface area contributed by atoms with Crippen LogP contribution >= 0.6 is 0 Å². The van der Waals surface area contributed by atoms with Crippen molar-refractivity contribution in [1.82, 2.24) is 0 Å². The highest BCUT2D eigenvalue weighted by molar-refractivity contribution is 5.26. The lowest BCUT2D eigenvalue weighted by Gasteiger charge is -2.32. The Labute approximate surface area is 84.1 Å². The quantitative estimate of drug-likeness (QED) is 0.508. The summed E-state index contributed by atoms with van der Waals surface area (Å²) in [4.78, 5) is 0. The van der Waals surface area contributed by atoms with Gasteiger partial charge < -0.3 is 18.9 Å². The monoisotopic (exact) mass is 200 g/mol. The van der Waals surface area contributed by atoms with Crippen LogP contribution in [-0.4, -0.2) is 34.2 Å². The molecule has 80 valence electrons. The van der Waals surface area contributed by atoms with Gasteiger partial charge in [-0.05, 0) is 6.08 Å². The number of allylic oxidation sites excluding steroid dienone is 1. The first-order valence-corrected chi connectivity index (χ1v) is 4.33. The van der Waals surface area contributed by atoms with Crippen molar-refractivity contribution in [3.63, 3.8) is 0 Å². The normalized spacial score (nSPS) is 19.7. The van der Waals surface area contributed by atoms with Crippen LogP contribution in [0, 0.1) is 0 Å². The molecule has 0 N–H and O–H groups in total. The molecule has 0 aromatic rings. The Morgan fingerprint density at radius 2 is 1.71 bits per heavy atom. The summed E-state index contributed by atoms with van der Waals surface area (Å²) in [6.07, 6.45) is 4.43. The van der Waals surface area contributed by atoms with Crippen LogP contribution < -0.4 is 0 Å². The molecule has 4 nitrogen and oxygen atoms in total. The molecule has 0 bridgehead atoms. The van der Waals surface area contributed by atoms with E-state index >= 15 is 0 Å². The highest BCUT2D eigenvalue weighted by Gasteiger charge is 2.38. The molecule has 4 heteroatoms. The van der Waals surface area contributed by atoms with Crippen molar-refractivity contribution < 1.29 is 18.9 Å². The predicted octanol–water partition coefficient (Wildman–Crippen LogP) is 1.44. The Balaban J connectivity index is 3.09. The Kier molecular flexibility index (Phi) is 3.55. The zero-order chi connectivity index (χ0) is 10.6. The van der Waals surface area contributed by atoms with Crippen molar-refractivity contribution in [2.45, 2.75) is 12.2 Å². The topological polar surface area (TPSA) is 36.9 Å². The molecular weight excluding hydrogens is 184 g/mol. The summed E-state index contributed by atoms with van der Waals surface area (Å²) in [5.74, 6) is 0.337. The van der Waals surface area contributed by atoms with Crippen molar-refractivity contribution in [3.05, 3.63) is 23.7 Å². The van der Waals surface area contributed by atoms with E-state index in [0.717, 1.165) is 5.76 Å². The van der Waals surface area contributed by atoms with Gasteiger partial charge in [-0.15, -0.1) is 0 Å². The molecule has 1 aliphatic rings. The molecule has 0 radical (unpaired) electrons. The Morgan fingerprint density at radius 1 is 1.07 bits per heavy atom. The van der Waals surface area contributed by atoms with Crippen LogP contribution in [0.2, 0.25) is 0 Å². The highest BCUT2D eigenvalue weighted by atomic mass is 16.7. The van der Waals surface area contributed by atoms with E-state index in [1.165, 1.54) is 0 Å². The summed E-state index contributed by atoms with van der Waals surface area (Å²) < 4.78 is 21.0. The Bertz CT molecular complexity index is 251. The molecule has 0 spiro atoms. The lowest BCUT2D eigenvalue weighted by atomic mass is 10.1. The second-order valence-corrected chi connectivity index (χ2v) is 2.84. The van der Waals surface area contributed by atoms with E-state index in [2.05, 4.69) is 0 Å². The Morgan fingerprint density at radius 3 is 2.14 bits per heavy atom. The zero-order valence-electron chi connectivity index (χ0n) is 8.99. The molecule has 1 aliphatic carbocycles. The van der Waals surface area contributed by atoms with E-state index in [1.807, 2.05) is 12.2 Å². The van der Waals surface area contributed by atoms with Gasteiger partial charge in [-0.2, -0.15) is 0 Å². The molecule has 0 heterocycles. The van der Waals surface area contributed by atoms with E-state index < -0.39 is 5.79 Å². The third-order valence-electron chi connectivity index (χ3n) is 2.27. The van der Waals surface area contributed by atoms with Crippen molar-refractivity contribution in [2.75, 3.05) is 28.4 Å². The van der Waals surface area contributed by atoms with Crippen LogP contribution in [0.25, 0.3) is 0 Å². The largest absolute Gasteiger partial charge is 0.497 e. The van der Waals surface area contributed by atoms with Gasteiger partial charge in [0.05, 0.1) is 14.2 Å². The summed E-state index contributed by atoms with van der Waals surface area (Å²) in [5, 5.41) is 0. The van der Waals surface area contributed by atoms with Gasteiger partial charge in [-0.3, -0.25) is 0 Å². The molecule has 0 aromatic heterocycles. The fourth-order valence-electron chi connectivity index (χ4n) is 1.52. The zero-order valence-corrected chi connectivity index (χ0v) is 8.99. The smallest absolute Gasteiger partial charge is 0.251 e. The Hall–Kier alpha value is -1.00. The maximum absolute atomic E-state index is 5.29. The van der Waals surface area contributed by atoms with Crippen LogP contribution in [0.3, 0.4) is 0 Å². The van der Waals surface area contributed by atoms with Gasteiger partial charge in [-0.25, -0.2) is 0 Å². The van der Waals surface area contributed by atoms with E-state index in [0.29, 0.717) is 12.2 Å². The second kappa shape index (κ2) is 4.48. The highest BCUT2D eigenvalue weighted by Crippen LogP contribution is 2.32. The third-order valence-corrected chi connectivity index (χ3v) is 2.27. The number of hydrogen-bond donors (Lipinski definition) is 0. The predicted molar refractivity (Wildman–Crippen MR) is 51.6 cm³/mol. The molecular formula is C10H16O4. The van der Waals surface area contributed by atoms with Crippen LogP contribution in [0.15, 0.2) is 23.7 Å². The summed E-state index contributed by atoms with van der Waals surface area (Å²) in [6.45, 7) is 0. The number of hydrogen-bond acceptors (Lipinski definition) is 4. The minimum atomic E-state index is -0.946. The van der Waals surface area contributed by atoms with Gasteiger partial charge in [0.15, 0.2) is 5.76 Å². The van der Waals surface area contributed by atoms with E-state index in [1.54, 1.807) is 28.4 Å². The van der Waals surface area contributed by atoms with Gasteiger partial charge in [0.1, 0.15) is 5.76 Å². The van der Waals surface area contributed by atoms with E-state index in [-0.39, 0.29) is 0 Å². The van der Waals surface area contributed by atoms with Crippen LogP contribution in [0.5, 0.6) is 0 Å². The second-order valence-electron chi connectivity index (χ2n) is 2.84. The van der Waals surface area contributed by atoms with Crippen LogP contribution in [-0.2, 0) is 18.9 Å². The molecule has 14 heavy (non-hydrogen) atoms. The lowest BCUT2D eigenvalue weighted by Crippen LogP contribution is -2.37. The third kappa shape index (κ3) is 1.63. The van der Waals surface area contributed by atoms with Gasteiger partial charge in [-0.1, -0.05) is 6.08 Å². The molecule has 0 amide bonds. The minimum Gasteiger partial charge on any atom is -0.497 e. The molecule has 0 atom stereocenters. The first kappa shape index (κ1) is 11.1. The van der Waals surface area contributed by atoms with Gasteiger partial charge in [0.25, 0.3) is 5.79 Å². The maximum atomic E-state index is 5.29. The van der Waals surface area contributed by atoms with Crippen LogP contribution in [0.4, 0.5) is 0 Å². The standard InChI is InChI=1S/C10H16O4/c1-11-8-6-5-7-10(13-3,14-4)9(8)12-2/h5,7H,6H2,1-4H3. The van der Waals surface area contributed by atoms with Crippen LogP contribution in [0.1, 0.15) is 6.42 Å². The maximum Gasteiger partial charge on any atom is 0.251 e. The fraction of sp³-hybridized carbons (Fsp3) is 0.600. The van der Waals surface area contributed by atoms with Crippen molar-refractivity contribution in [1.29, 1.82) is 0 Å². The summed E-state index contributed by atoms with van der Waals surface area (Å²) >= 11 is 0. The minimum absolute atomic E-state index is 0.563. The SMILES string of the molecule is COC1=C(OC)C(OC)(OC)C=CC1. The van der Waals surface area contributed by atoms with Crippen molar-refractivity contribution in [2.24, 2.45) is 0 Å². The average Bonchev–Trinajstić information content (AvgIpc) is 2.27. The number of rotatable bonds is 4. The first-order valence-electron chi connectivity index (χ1n) is 4.33. The lowest BCUT2D eigenvalue weighted by molar-refractivity contribution is -0.170. The number of methoxy groups -OCH3 is 4. The number of ether oxygens (including phenoxy) is 4. The molecule has 0 aromatic carbocycles. The molecule has 0 fully saturated rings. The molecule has 0 unspecified atom stereocenters. The summed E-state index contributed by atoms with van der Waals surface area (Å²) in [7, 11) is 6.29. The van der Waals surface area contributed by atoms with Gasteiger partial charge >= 0.3 is 0 Å². The average molecular weight is 200 g/mol. The van der Waals surface area contributed by atoms with Gasteiger partial charge in [0.2, 0.25) is 0 Å². The molecule has 0 aliphatic heterocycles.